The second-order valence-corrected chi connectivity index (χ2v) is 4.09. The molecule has 0 amide bonds. The van der Waals surface area contributed by atoms with Gasteiger partial charge < -0.3 is 20.1 Å². The van der Waals surface area contributed by atoms with Gasteiger partial charge >= 0.3 is 23.6 Å². The molecule has 0 aliphatic rings. The van der Waals surface area contributed by atoms with Crippen molar-refractivity contribution < 1.29 is 29.6 Å². The number of carboxylic acid groups (broad SMARTS) is 1. The summed E-state index contributed by atoms with van der Waals surface area (Å²) in [6.07, 6.45) is 0. The van der Waals surface area contributed by atoms with E-state index in [-0.39, 0.29) is 11.4 Å². The Bertz CT molecular complexity index is 865. The summed E-state index contributed by atoms with van der Waals surface area (Å²) in [6, 6.07) is 1.17. The van der Waals surface area contributed by atoms with Crippen LogP contribution in [-0.2, 0) is 11.8 Å². The van der Waals surface area contributed by atoms with Crippen LogP contribution in [0, 0.1) is 0 Å². The number of aromatic hydroxyl groups is 2. The monoisotopic (exact) mass is 340 g/mol. The molecule has 0 spiro atoms. The van der Waals surface area contributed by atoms with Gasteiger partial charge in [0.25, 0.3) is 5.56 Å². The lowest BCUT2D eigenvalue weighted by atomic mass is 10.4. The van der Waals surface area contributed by atoms with Crippen LogP contribution in [0.25, 0.3) is 0 Å². The molecule has 0 saturated heterocycles. The van der Waals surface area contributed by atoms with Crippen molar-refractivity contribution >= 4 is 11.9 Å². The van der Waals surface area contributed by atoms with Gasteiger partial charge in [0.05, 0.1) is 7.11 Å². The van der Waals surface area contributed by atoms with Gasteiger partial charge in [-0.15, -0.1) is 0 Å². The van der Waals surface area contributed by atoms with Crippen LogP contribution in [0.15, 0.2) is 21.7 Å². The van der Waals surface area contributed by atoms with E-state index in [1.165, 1.54) is 14.2 Å². The average Bonchev–Trinajstić information content (AvgIpc) is 2.49. The number of hydrogen-bond acceptors (Lipinski definition) is 9. The summed E-state index contributed by atoms with van der Waals surface area (Å²) >= 11 is 0. The highest BCUT2D eigenvalue weighted by Crippen LogP contribution is 2.11. The van der Waals surface area contributed by atoms with E-state index in [9.17, 15) is 19.2 Å². The molecule has 2 aromatic heterocycles. The number of hydrogen-bond donors (Lipinski definition) is 4. The molecule has 0 atom stereocenters. The largest absolute Gasteiger partial charge is 0.493 e. The van der Waals surface area contributed by atoms with E-state index in [4.69, 9.17) is 15.3 Å². The van der Waals surface area contributed by atoms with Crippen molar-refractivity contribution in [2.75, 3.05) is 7.11 Å². The van der Waals surface area contributed by atoms with E-state index >= 15 is 0 Å². The summed E-state index contributed by atoms with van der Waals surface area (Å²) in [5, 5.41) is 26.1. The molecule has 0 aliphatic carbocycles. The number of nitrogens with zero attached hydrogens (tertiary/aromatic N) is 3. The molecule has 0 radical (unpaired) electrons. The van der Waals surface area contributed by atoms with E-state index < -0.39 is 35.1 Å². The summed E-state index contributed by atoms with van der Waals surface area (Å²) in [5.41, 5.74) is -1.97. The van der Waals surface area contributed by atoms with E-state index in [2.05, 4.69) is 14.7 Å². The van der Waals surface area contributed by atoms with Crippen molar-refractivity contribution in [2.24, 2.45) is 7.05 Å². The molecule has 12 nitrogen and oxygen atoms in total. The van der Waals surface area contributed by atoms with Crippen LogP contribution in [0.1, 0.15) is 21.0 Å². The minimum atomic E-state index is -1.30. The number of ether oxygens (including phenoxy) is 1. The van der Waals surface area contributed by atoms with Gasteiger partial charge in [-0.05, 0) is 0 Å². The van der Waals surface area contributed by atoms with Gasteiger partial charge in [0.2, 0.25) is 5.88 Å². The molecule has 2 aromatic rings. The summed E-state index contributed by atoms with van der Waals surface area (Å²) < 4.78 is 5.15. The highest BCUT2D eigenvalue weighted by Gasteiger charge is 2.10. The van der Waals surface area contributed by atoms with Gasteiger partial charge in [-0.25, -0.2) is 14.4 Å². The molecule has 4 N–H and O–H groups in total. The summed E-state index contributed by atoms with van der Waals surface area (Å²) in [7, 11) is 2.43. The van der Waals surface area contributed by atoms with E-state index in [1.54, 1.807) is 0 Å². The van der Waals surface area contributed by atoms with Crippen molar-refractivity contribution in [2.45, 2.75) is 0 Å². The number of aromatic nitrogens is 4. The van der Waals surface area contributed by atoms with Gasteiger partial charge in [-0.2, -0.15) is 9.97 Å². The molecular weight excluding hydrogens is 328 g/mol. The smallest absolute Gasteiger partial charge is 0.357 e. The summed E-state index contributed by atoms with van der Waals surface area (Å²) in [4.78, 5) is 51.0. The summed E-state index contributed by atoms with van der Waals surface area (Å²) in [5.74, 6) is -2.54. The molecule has 0 aromatic carbocycles. The fourth-order valence-corrected chi connectivity index (χ4v) is 1.39. The first-order chi connectivity index (χ1) is 11.1. The number of carboxylic acids is 1. The number of carbonyl (C=O) groups is 2. The predicted molar refractivity (Wildman–Crippen MR) is 76.0 cm³/mol. The molecule has 2 rings (SSSR count). The Hall–Kier alpha value is -3.70. The Labute approximate surface area is 132 Å². The first kappa shape index (κ1) is 18.3. The first-order valence-electron chi connectivity index (χ1n) is 6.04. The number of aromatic carboxylic acids is 1. The van der Waals surface area contributed by atoms with E-state index in [0.717, 1.165) is 16.7 Å². The number of methoxy groups -OCH3 is 1. The first-order valence-corrected chi connectivity index (χ1v) is 6.04. The van der Waals surface area contributed by atoms with Crippen LogP contribution in [0.4, 0.5) is 0 Å². The van der Waals surface area contributed by atoms with Gasteiger partial charge in [-0.3, -0.25) is 14.3 Å². The Balaban J connectivity index is 0.000000240. The van der Waals surface area contributed by atoms with Crippen LogP contribution in [0.2, 0.25) is 0 Å². The van der Waals surface area contributed by atoms with Crippen LogP contribution < -0.4 is 11.2 Å². The number of nitrogens with one attached hydrogen (secondary N) is 1. The molecule has 0 unspecified atom stereocenters. The molecule has 24 heavy (non-hydrogen) atoms. The molecule has 2 heterocycles. The fraction of sp³-hybridized carbons (Fsp3) is 0.167. The maximum Gasteiger partial charge on any atom is 0.357 e. The number of rotatable bonds is 2. The van der Waals surface area contributed by atoms with Crippen LogP contribution >= 0.6 is 0 Å². The molecule has 0 bridgehead atoms. The molecular formula is C12H12N4O8. The van der Waals surface area contributed by atoms with Crippen LogP contribution in [0.5, 0.6) is 11.9 Å². The van der Waals surface area contributed by atoms with Crippen LogP contribution in [0.3, 0.4) is 0 Å². The Morgan fingerprint density at radius 1 is 1.21 bits per heavy atom. The topological polar surface area (TPSA) is 185 Å². The fourth-order valence-electron chi connectivity index (χ4n) is 1.39. The normalized spacial score (nSPS) is 9.58. The number of esters is 1. The van der Waals surface area contributed by atoms with E-state index in [1.807, 2.05) is 4.98 Å². The minimum absolute atomic E-state index is 0.192. The van der Waals surface area contributed by atoms with Crippen molar-refractivity contribution in [1.29, 1.82) is 0 Å². The number of aromatic amines is 1. The summed E-state index contributed by atoms with van der Waals surface area (Å²) in [6.45, 7) is 0. The lowest BCUT2D eigenvalue weighted by Gasteiger charge is -1.99. The SMILES string of the molecule is COC(=O)c1cc(O)nc(O)n1.Cn1c(C(=O)O)cc(=O)[nH]c1=O. The third-order valence-electron chi connectivity index (χ3n) is 2.48. The lowest BCUT2D eigenvalue weighted by Crippen LogP contribution is -2.31. The van der Waals surface area contributed by atoms with Crippen molar-refractivity contribution in [3.8, 4) is 11.9 Å². The number of carbonyl (C=O) groups excluding carboxylic acids is 1. The highest BCUT2D eigenvalue weighted by atomic mass is 16.5. The molecule has 0 aliphatic heterocycles. The van der Waals surface area contributed by atoms with E-state index in [0.29, 0.717) is 0 Å². The highest BCUT2D eigenvalue weighted by molar-refractivity contribution is 5.87. The molecule has 0 saturated carbocycles. The van der Waals surface area contributed by atoms with Crippen LogP contribution in [-0.4, -0.2) is 53.9 Å². The Morgan fingerprint density at radius 3 is 2.33 bits per heavy atom. The standard InChI is InChI=1S/2C6H6N2O4/c1-8-3(5(10)11)2-4(9)7-6(8)12;1-12-5(10)3-2-4(9)8-6(11)7-3/h2H,1H3,(H,10,11)(H,7,9,12);2H,1H3,(H2,7,8,9,11). The van der Waals surface area contributed by atoms with Crippen molar-refractivity contribution in [1.82, 2.24) is 19.5 Å². The second-order valence-electron chi connectivity index (χ2n) is 4.09. The van der Waals surface area contributed by atoms with Gasteiger partial charge in [0.15, 0.2) is 5.69 Å². The minimum Gasteiger partial charge on any atom is -0.493 e. The molecule has 0 fully saturated rings. The predicted octanol–water partition coefficient (Wildman–Crippen LogP) is -1.55. The Morgan fingerprint density at radius 2 is 1.83 bits per heavy atom. The van der Waals surface area contributed by atoms with Gasteiger partial charge in [0.1, 0.15) is 5.69 Å². The zero-order chi connectivity index (χ0) is 18.4. The zero-order valence-corrected chi connectivity index (χ0v) is 12.4. The third-order valence-corrected chi connectivity index (χ3v) is 2.48. The van der Waals surface area contributed by atoms with Crippen molar-refractivity contribution in [3.63, 3.8) is 0 Å². The second kappa shape index (κ2) is 7.53. The van der Waals surface area contributed by atoms with Crippen molar-refractivity contribution in [3.05, 3.63) is 44.4 Å². The zero-order valence-electron chi connectivity index (χ0n) is 12.4. The van der Waals surface area contributed by atoms with Gasteiger partial charge in [0, 0.05) is 19.2 Å². The quantitative estimate of drug-likeness (QED) is 0.466. The average molecular weight is 340 g/mol. The maximum atomic E-state index is 10.8. The Kier molecular flexibility index (Phi) is 5.76. The molecule has 128 valence electrons. The number of H-pyrrole nitrogens is 1. The molecule has 12 heteroatoms. The third kappa shape index (κ3) is 4.66. The van der Waals surface area contributed by atoms with Gasteiger partial charge in [-0.1, -0.05) is 0 Å². The maximum absolute atomic E-state index is 10.8. The lowest BCUT2D eigenvalue weighted by molar-refractivity contribution is 0.0591.